The topological polar surface area (TPSA) is 40.6 Å². The first-order valence-corrected chi connectivity index (χ1v) is 8.05. The van der Waals surface area contributed by atoms with Crippen LogP contribution in [0, 0.1) is 0 Å². The largest absolute Gasteiger partial charge is 0.416 e. The normalized spacial score (nSPS) is 11.6. The molecular formula is C17H20ClF3N2O2. The Hall–Kier alpha value is -2.02. The highest BCUT2D eigenvalue weighted by atomic mass is 35.5. The van der Waals surface area contributed by atoms with Crippen molar-refractivity contribution in [1.82, 2.24) is 9.80 Å². The van der Waals surface area contributed by atoms with E-state index in [0.717, 1.165) is 24.3 Å². The van der Waals surface area contributed by atoms with Crippen LogP contribution in [0.25, 0.3) is 6.08 Å². The highest BCUT2D eigenvalue weighted by molar-refractivity contribution is 6.32. The van der Waals surface area contributed by atoms with Crippen molar-refractivity contribution in [2.24, 2.45) is 0 Å². The second-order valence-electron chi connectivity index (χ2n) is 5.33. The predicted molar refractivity (Wildman–Crippen MR) is 91.1 cm³/mol. The number of carbonyl (C=O) groups is 2. The number of hydrogen-bond acceptors (Lipinski definition) is 2. The second-order valence-corrected chi connectivity index (χ2v) is 5.73. The van der Waals surface area contributed by atoms with Crippen LogP contribution in [0.2, 0.25) is 5.02 Å². The third-order valence-corrected chi connectivity index (χ3v) is 3.94. The van der Waals surface area contributed by atoms with Crippen LogP contribution < -0.4 is 0 Å². The molecule has 2 amide bonds. The summed E-state index contributed by atoms with van der Waals surface area (Å²) < 4.78 is 38.2. The standard InChI is InChI=1S/C17H20ClF3N2O2/c1-4-23(5-2)16(25)11-22(3)15(24)9-6-12-10-13(17(19,20)21)7-8-14(12)18/h6-10H,4-5,11H2,1-3H3/b9-6+. The second kappa shape index (κ2) is 8.89. The molecule has 0 spiro atoms. The fraction of sp³-hybridized carbons (Fsp3) is 0.412. The molecule has 0 aliphatic rings. The average molecular weight is 377 g/mol. The maximum atomic E-state index is 12.7. The summed E-state index contributed by atoms with van der Waals surface area (Å²) in [5.41, 5.74) is -0.776. The zero-order chi connectivity index (χ0) is 19.2. The summed E-state index contributed by atoms with van der Waals surface area (Å²) in [4.78, 5) is 26.8. The molecule has 0 N–H and O–H groups in total. The summed E-state index contributed by atoms with van der Waals surface area (Å²) in [5.74, 6) is -0.708. The predicted octanol–water partition coefficient (Wildman–Crippen LogP) is 3.70. The van der Waals surface area contributed by atoms with Gasteiger partial charge in [-0.2, -0.15) is 13.2 Å². The van der Waals surface area contributed by atoms with Crippen LogP contribution >= 0.6 is 11.6 Å². The third kappa shape index (κ3) is 6.08. The lowest BCUT2D eigenvalue weighted by molar-refractivity contribution is -0.137. The van der Waals surface area contributed by atoms with Gasteiger partial charge in [0.05, 0.1) is 12.1 Å². The minimum Gasteiger partial charge on any atom is -0.342 e. The summed E-state index contributed by atoms with van der Waals surface area (Å²) in [7, 11) is 1.45. The number of amides is 2. The van der Waals surface area contributed by atoms with Crippen LogP contribution in [0.3, 0.4) is 0 Å². The maximum absolute atomic E-state index is 12.7. The molecule has 0 saturated heterocycles. The molecule has 4 nitrogen and oxygen atoms in total. The molecule has 8 heteroatoms. The molecule has 1 rings (SSSR count). The number of halogens is 4. The number of carbonyl (C=O) groups excluding carboxylic acids is 2. The first-order valence-electron chi connectivity index (χ1n) is 7.67. The Morgan fingerprint density at radius 1 is 1.20 bits per heavy atom. The van der Waals surface area contributed by atoms with E-state index in [4.69, 9.17) is 11.6 Å². The molecule has 1 aromatic carbocycles. The van der Waals surface area contributed by atoms with Crippen LogP contribution in [0.15, 0.2) is 24.3 Å². The van der Waals surface area contributed by atoms with E-state index in [1.807, 2.05) is 13.8 Å². The van der Waals surface area contributed by atoms with Gasteiger partial charge in [0.2, 0.25) is 11.8 Å². The Labute approximate surface area is 149 Å². The zero-order valence-electron chi connectivity index (χ0n) is 14.2. The number of alkyl halides is 3. The highest BCUT2D eigenvalue weighted by Gasteiger charge is 2.30. The summed E-state index contributed by atoms with van der Waals surface area (Å²) in [6.45, 7) is 4.62. The van der Waals surface area contributed by atoms with Gasteiger partial charge in [-0.05, 0) is 43.7 Å². The van der Waals surface area contributed by atoms with Gasteiger partial charge < -0.3 is 9.80 Å². The van der Waals surface area contributed by atoms with E-state index in [-0.39, 0.29) is 23.0 Å². The van der Waals surface area contributed by atoms with Gasteiger partial charge in [0, 0.05) is 31.2 Å². The minimum absolute atomic E-state index is 0.0771. The molecule has 0 aromatic heterocycles. The van der Waals surface area contributed by atoms with Gasteiger partial charge in [-0.15, -0.1) is 0 Å². The van der Waals surface area contributed by atoms with E-state index >= 15 is 0 Å². The molecule has 138 valence electrons. The molecule has 25 heavy (non-hydrogen) atoms. The summed E-state index contributed by atoms with van der Waals surface area (Å²) in [6, 6.07) is 2.87. The van der Waals surface area contributed by atoms with E-state index < -0.39 is 17.6 Å². The van der Waals surface area contributed by atoms with Crippen molar-refractivity contribution < 1.29 is 22.8 Å². The lowest BCUT2D eigenvalue weighted by Gasteiger charge is -2.22. The van der Waals surface area contributed by atoms with Crippen molar-refractivity contribution in [2.45, 2.75) is 20.0 Å². The number of rotatable bonds is 6. The van der Waals surface area contributed by atoms with Crippen molar-refractivity contribution in [3.8, 4) is 0 Å². The molecule has 0 fully saturated rings. The molecule has 0 radical (unpaired) electrons. The Bertz CT molecular complexity index is 656. The molecule has 1 aromatic rings. The van der Waals surface area contributed by atoms with Crippen molar-refractivity contribution in [3.63, 3.8) is 0 Å². The van der Waals surface area contributed by atoms with Crippen molar-refractivity contribution >= 4 is 29.5 Å². The van der Waals surface area contributed by atoms with Crippen LogP contribution in [0.1, 0.15) is 25.0 Å². The van der Waals surface area contributed by atoms with Crippen molar-refractivity contribution in [1.29, 1.82) is 0 Å². The van der Waals surface area contributed by atoms with Crippen molar-refractivity contribution in [3.05, 3.63) is 40.4 Å². The van der Waals surface area contributed by atoms with Crippen LogP contribution in [0.5, 0.6) is 0 Å². The summed E-state index contributed by atoms with van der Waals surface area (Å²) in [5, 5.41) is 0.0962. The number of hydrogen-bond donors (Lipinski definition) is 0. The third-order valence-electron chi connectivity index (χ3n) is 3.59. The highest BCUT2D eigenvalue weighted by Crippen LogP contribution is 2.32. The Kier molecular flexibility index (Phi) is 7.48. The monoisotopic (exact) mass is 376 g/mol. The van der Waals surface area contributed by atoms with Crippen molar-refractivity contribution in [2.75, 3.05) is 26.7 Å². The molecule has 0 saturated carbocycles. The molecular weight excluding hydrogens is 357 g/mol. The summed E-state index contributed by atoms with van der Waals surface area (Å²) >= 11 is 5.87. The van der Waals surface area contributed by atoms with E-state index in [9.17, 15) is 22.8 Å². The lowest BCUT2D eigenvalue weighted by atomic mass is 10.1. The number of nitrogens with zero attached hydrogens (tertiary/aromatic N) is 2. The van der Waals surface area contributed by atoms with Gasteiger partial charge in [-0.25, -0.2) is 0 Å². The smallest absolute Gasteiger partial charge is 0.342 e. The van der Waals surface area contributed by atoms with E-state index in [1.54, 1.807) is 4.90 Å². The fourth-order valence-electron chi connectivity index (χ4n) is 2.09. The first kappa shape index (κ1) is 21.0. The molecule has 0 atom stereocenters. The number of benzene rings is 1. The molecule has 0 unspecified atom stereocenters. The van der Waals surface area contributed by atoms with Crippen LogP contribution in [0.4, 0.5) is 13.2 Å². The Morgan fingerprint density at radius 2 is 1.80 bits per heavy atom. The summed E-state index contributed by atoms with van der Waals surface area (Å²) in [6.07, 6.45) is -2.20. The lowest BCUT2D eigenvalue weighted by Crippen LogP contribution is -2.40. The molecule has 0 aliphatic carbocycles. The van der Waals surface area contributed by atoms with Gasteiger partial charge >= 0.3 is 6.18 Å². The van der Waals surface area contributed by atoms with Gasteiger partial charge in [-0.1, -0.05) is 11.6 Å². The minimum atomic E-state index is -4.50. The maximum Gasteiger partial charge on any atom is 0.416 e. The molecule has 0 aliphatic heterocycles. The van der Waals surface area contributed by atoms with E-state index in [1.165, 1.54) is 18.0 Å². The molecule has 0 bridgehead atoms. The van der Waals surface area contributed by atoms with Gasteiger partial charge in [0.1, 0.15) is 0 Å². The van der Waals surface area contributed by atoms with E-state index in [2.05, 4.69) is 0 Å². The average Bonchev–Trinajstić information content (AvgIpc) is 2.53. The first-order chi connectivity index (χ1) is 11.6. The quantitative estimate of drug-likeness (QED) is 0.710. The Balaban J connectivity index is 2.84. The van der Waals surface area contributed by atoms with Crippen LogP contribution in [-0.2, 0) is 15.8 Å². The van der Waals surface area contributed by atoms with Gasteiger partial charge in [0.15, 0.2) is 0 Å². The number of likely N-dealkylation sites (N-methyl/N-ethyl adjacent to an activating group) is 2. The van der Waals surface area contributed by atoms with Gasteiger partial charge in [-0.3, -0.25) is 9.59 Å². The zero-order valence-corrected chi connectivity index (χ0v) is 15.0. The fourth-order valence-corrected chi connectivity index (χ4v) is 2.27. The van der Waals surface area contributed by atoms with Gasteiger partial charge in [0.25, 0.3) is 0 Å². The molecule has 0 heterocycles. The van der Waals surface area contributed by atoms with E-state index in [0.29, 0.717) is 13.1 Å². The Morgan fingerprint density at radius 3 is 2.32 bits per heavy atom. The van der Waals surface area contributed by atoms with Crippen LogP contribution in [-0.4, -0.2) is 48.3 Å². The SMILES string of the molecule is CCN(CC)C(=O)CN(C)C(=O)/C=C/c1cc(C(F)(F)F)ccc1Cl.